The topological polar surface area (TPSA) is 74.0 Å². The van der Waals surface area contributed by atoms with Crippen LogP contribution in [0.3, 0.4) is 0 Å². The molecule has 7 nitrogen and oxygen atoms in total. The van der Waals surface area contributed by atoms with Crippen molar-refractivity contribution in [1.82, 2.24) is 10.1 Å². The molecule has 1 aromatic heterocycles. The number of carbonyl (C=O) groups is 1. The highest BCUT2D eigenvalue weighted by Crippen LogP contribution is 2.41. The molecule has 0 unspecified atom stereocenters. The number of rotatable bonds is 7. The smallest absolute Gasteiger partial charge is 0.409 e. The van der Waals surface area contributed by atoms with Crippen LogP contribution in [0, 0.1) is 0 Å². The summed E-state index contributed by atoms with van der Waals surface area (Å²) in [4.78, 5) is 13.6. The van der Waals surface area contributed by atoms with E-state index in [1.807, 2.05) is 84.9 Å². The Hall–Kier alpha value is -4.26. The molecule has 0 N–H and O–H groups in total. The van der Waals surface area contributed by atoms with Gasteiger partial charge in [0.1, 0.15) is 18.1 Å². The second-order valence-corrected chi connectivity index (χ2v) is 8.67. The monoisotopic (exact) mass is 484 g/mol. The third-order valence-corrected chi connectivity index (χ3v) is 6.33. The van der Waals surface area contributed by atoms with Gasteiger partial charge in [-0.25, -0.2) is 4.79 Å². The van der Waals surface area contributed by atoms with Crippen molar-refractivity contribution in [3.63, 3.8) is 0 Å². The number of aromatic nitrogens is 1. The van der Waals surface area contributed by atoms with Gasteiger partial charge in [0.05, 0.1) is 12.7 Å². The lowest BCUT2D eigenvalue weighted by Gasteiger charge is -2.30. The number of para-hydroxylation sites is 1. The van der Waals surface area contributed by atoms with E-state index >= 15 is 0 Å². The number of nitrogens with zero attached hydrogens (tertiary/aromatic N) is 2. The molecular weight excluding hydrogens is 456 g/mol. The highest BCUT2D eigenvalue weighted by atomic mass is 16.5. The van der Waals surface area contributed by atoms with Gasteiger partial charge >= 0.3 is 6.09 Å². The first-order chi connectivity index (χ1) is 17.7. The van der Waals surface area contributed by atoms with Gasteiger partial charge in [-0.2, -0.15) is 0 Å². The zero-order valence-corrected chi connectivity index (χ0v) is 20.1. The number of amides is 1. The van der Waals surface area contributed by atoms with E-state index in [4.69, 9.17) is 18.7 Å². The fourth-order valence-corrected chi connectivity index (χ4v) is 4.42. The first-order valence-electron chi connectivity index (χ1n) is 12.0. The summed E-state index contributed by atoms with van der Waals surface area (Å²) in [5, 5.41) is 4.31. The lowest BCUT2D eigenvalue weighted by atomic mass is 9.90. The second-order valence-electron chi connectivity index (χ2n) is 8.67. The molecule has 36 heavy (non-hydrogen) atoms. The standard InChI is InChI=1S/C29H28N2O5/c1-33-29(32)31-18-16-23(17-19-31)27-26(28(30-36-27)34-20-21-8-4-2-5-9-21)22-12-14-25(15-13-22)35-24-10-6-3-7-11-24/h2-15,23H,16-20H2,1H3. The summed E-state index contributed by atoms with van der Waals surface area (Å²) in [6, 6.07) is 27.5. The maximum Gasteiger partial charge on any atom is 0.409 e. The normalized spacial score (nSPS) is 13.9. The van der Waals surface area contributed by atoms with Gasteiger partial charge in [0.2, 0.25) is 0 Å². The summed E-state index contributed by atoms with van der Waals surface area (Å²) < 4.78 is 22.8. The van der Waals surface area contributed by atoms with Crippen LogP contribution in [0.4, 0.5) is 4.79 Å². The number of hydrogen-bond acceptors (Lipinski definition) is 6. The van der Waals surface area contributed by atoms with Crippen molar-refractivity contribution in [2.45, 2.75) is 25.4 Å². The van der Waals surface area contributed by atoms with E-state index in [9.17, 15) is 4.79 Å². The molecule has 1 amide bonds. The van der Waals surface area contributed by atoms with E-state index in [0.29, 0.717) is 25.6 Å². The zero-order valence-electron chi connectivity index (χ0n) is 20.1. The molecule has 0 saturated carbocycles. The minimum atomic E-state index is -0.299. The fraction of sp³-hybridized carbons (Fsp3) is 0.241. The molecule has 0 spiro atoms. The highest BCUT2D eigenvalue weighted by Gasteiger charge is 2.31. The van der Waals surface area contributed by atoms with E-state index in [-0.39, 0.29) is 12.0 Å². The molecule has 5 rings (SSSR count). The predicted octanol–water partition coefficient (Wildman–Crippen LogP) is 6.66. The van der Waals surface area contributed by atoms with Crippen molar-refractivity contribution >= 4 is 6.09 Å². The zero-order chi connectivity index (χ0) is 24.7. The van der Waals surface area contributed by atoms with Crippen LogP contribution in [0.5, 0.6) is 17.4 Å². The molecule has 1 fully saturated rings. The Balaban J connectivity index is 1.40. The summed E-state index contributed by atoms with van der Waals surface area (Å²) in [6.07, 6.45) is 1.21. The molecule has 0 aliphatic carbocycles. The van der Waals surface area contributed by atoms with Gasteiger partial charge in [-0.1, -0.05) is 60.7 Å². The van der Waals surface area contributed by atoms with Gasteiger partial charge in [0.15, 0.2) is 5.76 Å². The van der Waals surface area contributed by atoms with Crippen LogP contribution in [0.15, 0.2) is 89.5 Å². The first-order valence-corrected chi connectivity index (χ1v) is 12.0. The van der Waals surface area contributed by atoms with Crippen molar-refractivity contribution in [2.75, 3.05) is 20.2 Å². The number of benzene rings is 3. The molecule has 1 saturated heterocycles. The summed E-state index contributed by atoms with van der Waals surface area (Å²) in [7, 11) is 1.41. The van der Waals surface area contributed by atoms with Crippen LogP contribution in [-0.4, -0.2) is 36.3 Å². The maximum atomic E-state index is 11.9. The fourth-order valence-electron chi connectivity index (χ4n) is 4.42. The van der Waals surface area contributed by atoms with Gasteiger partial charge in [0, 0.05) is 19.0 Å². The van der Waals surface area contributed by atoms with E-state index < -0.39 is 0 Å². The number of piperidine rings is 1. The minimum absolute atomic E-state index is 0.114. The molecule has 3 aromatic carbocycles. The average Bonchev–Trinajstić information content (AvgIpc) is 3.37. The lowest BCUT2D eigenvalue weighted by molar-refractivity contribution is 0.110. The third-order valence-electron chi connectivity index (χ3n) is 6.33. The van der Waals surface area contributed by atoms with Crippen molar-refractivity contribution in [3.8, 4) is 28.5 Å². The van der Waals surface area contributed by atoms with E-state index in [0.717, 1.165) is 46.8 Å². The van der Waals surface area contributed by atoms with E-state index in [1.54, 1.807) is 4.90 Å². The van der Waals surface area contributed by atoms with Gasteiger partial charge < -0.3 is 23.6 Å². The Morgan fingerprint density at radius 3 is 2.22 bits per heavy atom. The van der Waals surface area contributed by atoms with Crippen molar-refractivity contribution in [1.29, 1.82) is 0 Å². The maximum absolute atomic E-state index is 11.9. The third kappa shape index (κ3) is 5.35. The molecule has 184 valence electrons. The van der Waals surface area contributed by atoms with Gasteiger partial charge in [0.25, 0.3) is 5.88 Å². The molecule has 0 bridgehead atoms. The minimum Gasteiger partial charge on any atom is -0.470 e. The summed E-state index contributed by atoms with van der Waals surface area (Å²) >= 11 is 0. The first kappa shape index (κ1) is 23.5. The van der Waals surface area contributed by atoms with Crippen LogP contribution in [-0.2, 0) is 11.3 Å². The average molecular weight is 485 g/mol. The Labute approximate surface area is 210 Å². The Kier molecular flexibility index (Phi) is 7.17. The van der Waals surface area contributed by atoms with Crippen LogP contribution in [0.1, 0.15) is 30.1 Å². The predicted molar refractivity (Wildman–Crippen MR) is 135 cm³/mol. The number of ether oxygens (including phenoxy) is 3. The number of hydrogen-bond donors (Lipinski definition) is 0. The molecule has 4 aromatic rings. The van der Waals surface area contributed by atoms with Crippen molar-refractivity contribution in [2.24, 2.45) is 0 Å². The van der Waals surface area contributed by atoms with Gasteiger partial charge in [-0.3, -0.25) is 0 Å². The Morgan fingerprint density at radius 2 is 1.56 bits per heavy atom. The molecule has 7 heteroatoms. The molecule has 1 aliphatic rings. The number of methoxy groups -OCH3 is 1. The largest absolute Gasteiger partial charge is 0.470 e. The molecule has 1 aliphatic heterocycles. The van der Waals surface area contributed by atoms with Crippen molar-refractivity contribution < 1.29 is 23.5 Å². The van der Waals surface area contributed by atoms with E-state index in [2.05, 4.69) is 5.16 Å². The quantitative estimate of drug-likeness (QED) is 0.292. The molecule has 2 heterocycles. The second kappa shape index (κ2) is 11.0. The molecular formula is C29H28N2O5. The highest BCUT2D eigenvalue weighted by molar-refractivity contribution is 5.72. The van der Waals surface area contributed by atoms with Crippen LogP contribution in [0.2, 0.25) is 0 Å². The lowest BCUT2D eigenvalue weighted by Crippen LogP contribution is -2.37. The summed E-state index contributed by atoms with van der Waals surface area (Å²) in [5.41, 5.74) is 2.82. The van der Waals surface area contributed by atoms with Gasteiger partial charge in [-0.15, -0.1) is 0 Å². The van der Waals surface area contributed by atoms with Crippen molar-refractivity contribution in [3.05, 3.63) is 96.3 Å². The SMILES string of the molecule is COC(=O)N1CCC(c2onc(OCc3ccccc3)c2-c2ccc(Oc3ccccc3)cc2)CC1. The number of likely N-dealkylation sites (tertiary alicyclic amines) is 1. The summed E-state index contributed by atoms with van der Waals surface area (Å²) in [5.74, 6) is 2.87. The van der Waals surface area contributed by atoms with Gasteiger partial charge in [-0.05, 0) is 53.4 Å². The van der Waals surface area contributed by atoms with Crippen LogP contribution < -0.4 is 9.47 Å². The van der Waals surface area contributed by atoms with Crippen LogP contribution in [0.25, 0.3) is 11.1 Å². The Bertz CT molecular complexity index is 1260. The summed E-state index contributed by atoms with van der Waals surface area (Å²) in [6.45, 7) is 1.58. The number of carbonyl (C=O) groups excluding carboxylic acids is 1. The van der Waals surface area contributed by atoms with Crippen LogP contribution >= 0.6 is 0 Å². The Morgan fingerprint density at radius 1 is 0.917 bits per heavy atom. The molecule has 0 radical (unpaired) electrons. The molecule has 0 atom stereocenters. The van der Waals surface area contributed by atoms with E-state index in [1.165, 1.54) is 7.11 Å².